The Balaban J connectivity index is 2.25. The Labute approximate surface area is 155 Å². The molecule has 0 aliphatic rings. The van der Waals surface area contributed by atoms with Gasteiger partial charge in [-0.1, -0.05) is 48.0 Å². The van der Waals surface area contributed by atoms with Crippen molar-refractivity contribution in [1.29, 1.82) is 0 Å². The van der Waals surface area contributed by atoms with Crippen molar-refractivity contribution in [3.8, 4) is 11.3 Å². The summed E-state index contributed by atoms with van der Waals surface area (Å²) < 4.78 is 28.9. The molecular weight excluding hydrogens is 378 g/mol. The SMILES string of the molecule is CS(=O)(=O)OCCn1c(C(=O)O)c2ccc(Cl)cc2c1-c1ccccc1. The number of nitrogens with zero attached hydrogens (tertiary/aromatic N) is 1. The Bertz CT molecular complexity index is 1070. The van der Waals surface area contributed by atoms with E-state index in [1.807, 2.05) is 30.3 Å². The second kappa shape index (κ2) is 7.11. The average molecular weight is 394 g/mol. The van der Waals surface area contributed by atoms with Crippen molar-refractivity contribution in [1.82, 2.24) is 4.57 Å². The molecule has 0 bridgehead atoms. The van der Waals surface area contributed by atoms with Gasteiger partial charge in [-0.25, -0.2) is 4.79 Å². The number of aromatic carboxylic acids is 1. The van der Waals surface area contributed by atoms with Crippen LogP contribution in [0.1, 0.15) is 10.5 Å². The van der Waals surface area contributed by atoms with Crippen molar-refractivity contribution in [3.05, 3.63) is 59.2 Å². The lowest BCUT2D eigenvalue weighted by Gasteiger charge is -2.12. The Morgan fingerprint density at radius 1 is 1.15 bits per heavy atom. The van der Waals surface area contributed by atoms with Gasteiger partial charge in [0.25, 0.3) is 10.1 Å². The molecule has 2 aromatic carbocycles. The van der Waals surface area contributed by atoms with Gasteiger partial charge in [-0.2, -0.15) is 8.42 Å². The van der Waals surface area contributed by atoms with Gasteiger partial charge in [0.15, 0.2) is 0 Å². The van der Waals surface area contributed by atoms with E-state index in [0.717, 1.165) is 11.8 Å². The lowest BCUT2D eigenvalue weighted by atomic mass is 10.1. The third-order valence-electron chi connectivity index (χ3n) is 3.89. The fourth-order valence-corrected chi connectivity index (χ4v) is 3.51. The quantitative estimate of drug-likeness (QED) is 0.646. The van der Waals surface area contributed by atoms with Gasteiger partial charge in [-0.15, -0.1) is 0 Å². The van der Waals surface area contributed by atoms with Crippen LogP contribution in [0.4, 0.5) is 0 Å². The molecule has 0 saturated heterocycles. The molecule has 136 valence electrons. The largest absolute Gasteiger partial charge is 0.477 e. The maximum atomic E-state index is 11.9. The van der Waals surface area contributed by atoms with Crippen LogP contribution in [0.5, 0.6) is 0 Å². The molecule has 0 aliphatic carbocycles. The predicted octanol–water partition coefficient (Wildman–Crippen LogP) is 3.64. The van der Waals surface area contributed by atoms with Gasteiger partial charge in [-0.05, 0) is 17.7 Å². The average Bonchev–Trinajstić information content (AvgIpc) is 2.87. The summed E-state index contributed by atoms with van der Waals surface area (Å²) in [5.74, 6) is -1.11. The van der Waals surface area contributed by atoms with Crippen molar-refractivity contribution < 1.29 is 22.5 Å². The van der Waals surface area contributed by atoms with E-state index in [1.54, 1.807) is 22.8 Å². The minimum atomic E-state index is -3.62. The van der Waals surface area contributed by atoms with Crippen molar-refractivity contribution in [2.75, 3.05) is 12.9 Å². The lowest BCUT2D eigenvalue weighted by molar-refractivity contribution is 0.0687. The maximum Gasteiger partial charge on any atom is 0.353 e. The molecule has 1 heterocycles. The summed E-state index contributed by atoms with van der Waals surface area (Å²) in [6, 6.07) is 14.2. The summed E-state index contributed by atoms with van der Waals surface area (Å²) in [7, 11) is -3.62. The first-order chi connectivity index (χ1) is 12.3. The molecule has 0 saturated carbocycles. The smallest absolute Gasteiger partial charge is 0.353 e. The van der Waals surface area contributed by atoms with Gasteiger partial charge < -0.3 is 9.67 Å². The topological polar surface area (TPSA) is 85.6 Å². The van der Waals surface area contributed by atoms with Crippen molar-refractivity contribution >= 4 is 38.5 Å². The molecule has 8 heteroatoms. The van der Waals surface area contributed by atoms with E-state index in [9.17, 15) is 18.3 Å². The van der Waals surface area contributed by atoms with Crippen molar-refractivity contribution in [2.45, 2.75) is 6.54 Å². The summed E-state index contributed by atoms with van der Waals surface area (Å²) in [5, 5.41) is 11.4. The highest BCUT2D eigenvalue weighted by molar-refractivity contribution is 7.85. The number of hydrogen-bond acceptors (Lipinski definition) is 4. The van der Waals surface area contributed by atoms with E-state index < -0.39 is 16.1 Å². The van der Waals surface area contributed by atoms with Crippen LogP contribution >= 0.6 is 11.6 Å². The maximum absolute atomic E-state index is 11.9. The first-order valence-electron chi connectivity index (χ1n) is 7.73. The van der Waals surface area contributed by atoms with E-state index in [2.05, 4.69) is 0 Å². The molecule has 0 atom stereocenters. The molecule has 0 aliphatic heterocycles. The van der Waals surface area contributed by atoms with Crippen LogP contribution < -0.4 is 0 Å². The molecule has 0 amide bonds. The Morgan fingerprint density at radius 3 is 2.46 bits per heavy atom. The number of rotatable bonds is 6. The molecule has 26 heavy (non-hydrogen) atoms. The third-order valence-corrected chi connectivity index (χ3v) is 4.72. The van der Waals surface area contributed by atoms with Gasteiger partial charge in [0.05, 0.1) is 18.6 Å². The molecular formula is C18H16ClNO5S. The number of carbonyl (C=O) groups is 1. The molecule has 3 rings (SSSR count). The number of benzene rings is 2. The van der Waals surface area contributed by atoms with Crippen LogP contribution in [0, 0.1) is 0 Å². The Hall–Kier alpha value is -2.35. The summed E-state index contributed by atoms with van der Waals surface area (Å²) >= 11 is 6.12. The highest BCUT2D eigenvalue weighted by Crippen LogP contribution is 2.35. The first-order valence-corrected chi connectivity index (χ1v) is 9.92. The number of aromatic nitrogens is 1. The highest BCUT2D eigenvalue weighted by Gasteiger charge is 2.23. The van der Waals surface area contributed by atoms with Crippen molar-refractivity contribution in [3.63, 3.8) is 0 Å². The zero-order valence-corrected chi connectivity index (χ0v) is 15.4. The number of carboxylic acids is 1. The fraction of sp³-hybridized carbons (Fsp3) is 0.167. The highest BCUT2D eigenvalue weighted by atomic mass is 35.5. The third kappa shape index (κ3) is 3.75. The Morgan fingerprint density at radius 2 is 1.85 bits per heavy atom. The number of fused-ring (bicyclic) bond motifs is 1. The van der Waals surface area contributed by atoms with Gasteiger partial charge in [0, 0.05) is 22.3 Å². The van der Waals surface area contributed by atoms with E-state index >= 15 is 0 Å². The van der Waals surface area contributed by atoms with Crippen LogP contribution in [0.2, 0.25) is 5.02 Å². The molecule has 6 nitrogen and oxygen atoms in total. The zero-order valence-electron chi connectivity index (χ0n) is 13.8. The van der Waals surface area contributed by atoms with Gasteiger partial charge in [0.1, 0.15) is 5.69 Å². The number of carboxylic acid groups (broad SMARTS) is 1. The van der Waals surface area contributed by atoms with E-state index in [-0.39, 0.29) is 18.8 Å². The van der Waals surface area contributed by atoms with Crippen LogP contribution in [-0.2, 0) is 20.8 Å². The molecule has 3 aromatic rings. The zero-order chi connectivity index (χ0) is 18.9. The lowest BCUT2D eigenvalue weighted by Crippen LogP contribution is -2.15. The van der Waals surface area contributed by atoms with Gasteiger partial charge in [0.2, 0.25) is 0 Å². The summed E-state index contributed by atoms with van der Waals surface area (Å²) in [6.45, 7) is -0.112. The Kier molecular flexibility index (Phi) is 5.04. The van der Waals surface area contributed by atoms with Crippen LogP contribution in [-0.4, -0.2) is 36.9 Å². The fourth-order valence-electron chi connectivity index (χ4n) is 2.96. The summed E-state index contributed by atoms with van der Waals surface area (Å²) in [5.41, 5.74) is 1.51. The predicted molar refractivity (Wildman–Crippen MR) is 100 cm³/mol. The number of halogens is 1. The van der Waals surface area contributed by atoms with E-state index in [0.29, 0.717) is 21.5 Å². The second-order valence-corrected chi connectivity index (χ2v) is 7.82. The van der Waals surface area contributed by atoms with Gasteiger partial charge in [-0.3, -0.25) is 4.18 Å². The molecule has 0 fully saturated rings. The normalized spacial score (nSPS) is 11.8. The first kappa shape index (κ1) is 18.4. The van der Waals surface area contributed by atoms with E-state index in [1.165, 1.54) is 0 Å². The van der Waals surface area contributed by atoms with E-state index in [4.69, 9.17) is 15.8 Å². The minimum absolute atomic E-state index is 0.0607. The van der Waals surface area contributed by atoms with Crippen LogP contribution in [0.25, 0.3) is 22.0 Å². The molecule has 1 N–H and O–H groups in total. The summed E-state index contributed by atoms with van der Waals surface area (Å²) in [4.78, 5) is 11.9. The molecule has 1 aromatic heterocycles. The molecule has 0 spiro atoms. The minimum Gasteiger partial charge on any atom is -0.477 e. The van der Waals surface area contributed by atoms with Crippen LogP contribution in [0.3, 0.4) is 0 Å². The standard InChI is InChI=1S/C18H16ClNO5S/c1-26(23,24)25-10-9-20-16(12-5-3-2-4-6-12)15-11-13(19)7-8-14(15)17(20)18(21)22/h2-8,11H,9-10H2,1H3,(H,21,22). The summed E-state index contributed by atoms with van der Waals surface area (Å²) in [6.07, 6.45) is 0.954. The van der Waals surface area contributed by atoms with Crippen LogP contribution in [0.15, 0.2) is 48.5 Å². The molecule has 0 unspecified atom stereocenters. The second-order valence-electron chi connectivity index (χ2n) is 5.74. The van der Waals surface area contributed by atoms with Gasteiger partial charge >= 0.3 is 5.97 Å². The monoisotopic (exact) mass is 393 g/mol. The number of hydrogen-bond donors (Lipinski definition) is 1. The van der Waals surface area contributed by atoms with Crippen molar-refractivity contribution in [2.24, 2.45) is 0 Å². The molecule has 0 radical (unpaired) electrons.